The third-order valence-corrected chi connectivity index (χ3v) is 5.12. The molecule has 3 rings (SSSR count). The summed E-state index contributed by atoms with van der Waals surface area (Å²) >= 11 is 10.1. The number of halogens is 1. The number of ether oxygens (including phenoxy) is 1. The van der Waals surface area contributed by atoms with Crippen LogP contribution in [0.5, 0.6) is 5.75 Å². The average molecular weight is 406 g/mol. The molecule has 0 atom stereocenters. The van der Waals surface area contributed by atoms with Crippen LogP contribution in [0.3, 0.4) is 0 Å². The third-order valence-electron chi connectivity index (χ3n) is 3.29. The minimum atomic E-state index is -0.132. The van der Waals surface area contributed by atoms with Crippen molar-refractivity contribution in [2.24, 2.45) is 0 Å². The molecule has 1 aliphatic heterocycles. The van der Waals surface area contributed by atoms with Gasteiger partial charge in [-0.05, 0) is 35.9 Å². The molecule has 0 aromatic heterocycles. The number of rotatable bonds is 3. The van der Waals surface area contributed by atoms with Crippen molar-refractivity contribution in [1.29, 1.82) is 0 Å². The van der Waals surface area contributed by atoms with Crippen molar-refractivity contribution >= 4 is 61.9 Å². The molecular weight excluding hydrogens is 394 g/mol. The highest BCUT2D eigenvalue weighted by Crippen LogP contribution is 2.39. The van der Waals surface area contributed by atoms with Crippen LogP contribution in [0.1, 0.15) is 5.56 Å². The number of thiocarbonyl (C=S) groups is 1. The Morgan fingerprint density at radius 2 is 1.87 bits per heavy atom. The van der Waals surface area contributed by atoms with E-state index in [2.05, 4.69) is 15.9 Å². The van der Waals surface area contributed by atoms with Gasteiger partial charge in [0.15, 0.2) is 4.32 Å². The van der Waals surface area contributed by atoms with Crippen molar-refractivity contribution in [2.75, 3.05) is 12.0 Å². The Morgan fingerprint density at radius 3 is 2.57 bits per heavy atom. The Morgan fingerprint density at radius 1 is 1.17 bits per heavy atom. The molecule has 0 N–H and O–H groups in total. The van der Waals surface area contributed by atoms with Crippen molar-refractivity contribution in [1.82, 2.24) is 0 Å². The Labute approximate surface area is 152 Å². The molecule has 0 radical (unpaired) electrons. The van der Waals surface area contributed by atoms with Crippen molar-refractivity contribution in [3.63, 3.8) is 0 Å². The predicted molar refractivity (Wildman–Crippen MR) is 103 cm³/mol. The number of benzene rings is 2. The molecule has 2 aromatic carbocycles. The first-order valence-corrected chi connectivity index (χ1v) is 8.78. The average Bonchev–Trinajstić information content (AvgIpc) is 2.83. The van der Waals surface area contributed by atoms with E-state index in [-0.39, 0.29) is 5.91 Å². The molecule has 1 heterocycles. The fourth-order valence-electron chi connectivity index (χ4n) is 2.20. The predicted octanol–water partition coefficient (Wildman–Crippen LogP) is 4.86. The van der Waals surface area contributed by atoms with Crippen LogP contribution < -0.4 is 9.64 Å². The maximum atomic E-state index is 12.7. The molecule has 0 saturated carbocycles. The van der Waals surface area contributed by atoms with Gasteiger partial charge < -0.3 is 4.74 Å². The lowest BCUT2D eigenvalue weighted by atomic mass is 10.2. The number of hydrogen-bond donors (Lipinski definition) is 0. The van der Waals surface area contributed by atoms with E-state index < -0.39 is 0 Å². The van der Waals surface area contributed by atoms with Crippen molar-refractivity contribution in [2.45, 2.75) is 0 Å². The molecule has 0 bridgehead atoms. The van der Waals surface area contributed by atoms with Gasteiger partial charge in [-0.1, -0.05) is 64.2 Å². The zero-order valence-electron chi connectivity index (χ0n) is 12.2. The topological polar surface area (TPSA) is 29.5 Å². The number of carbonyl (C=O) groups is 1. The van der Waals surface area contributed by atoms with Gasteiger partial charge in [0.05, 0.1) is 17.7 Å². The highest BCUT2D eigenvalue weighted by molar-refractivity contribution is 9.10. The summed E-state index contributed by atoms with van der Waals surface area (Å²) in [4.78, 5) is 14.9. The Balaban J connectivity index is 1.95. The molecule has 6 heteroatoms. The fourth-order valence-corrected chi connectivity index (χ4v) is 3.75. The number of nitrogens with zero attached hydrogens (tertiary/aromatic N) is 1. The Bertz CT molecular complexity index is 802. The lowest BCUT2D eigenvalue weighted by Crippen LogP contribution is -2.27. The summed E-state index contributed by atoms with van der Waals surface area (Å²) in [7, 11) is 1.58. The largest absolute Gasteiger partial charge is 0.495 e. The molecule has 2 aromatic rings. The van der Waals surface area contributed by atoms with Gasteiger partial charge in [0.25, 0.3) is 5.91 Å². The van der Waals surface area contributed by atoms with Crippen LogP contribution in [0.15, 0.2) is 57.9 Å². The summed E-state index contributed by atoms with van der Waals surface area (Å²) < 4.78 is 6.83. The number of hydrogen-bond acceptors (Lipinski definition) is 4. The number of methoxy groups -OCH3 is 1. The van der Waals surface area contributed by atoms with Gasteiger partial charge in [0.1, 0.15) is 5.75 Å². The van der Waals surface area contributed by atoms with Crippen molar-refractivity contribution < 1.29 is 9.53 Å². The van der Waals surface area contributed by atoms with Gasteiger partial charge >= 0.3 is 0 Å². The Kier molecular flexibility index (Phi) is 4.84. The smallest absolute Gasteiger partial charge is 0.270 e. The second kappa shape index (κ2) is 6.86. The van der Waals surface area contributed by atoms with Gasteiger partial charge in [0, 0.05) is 4.47 Å². The van der Waals surface area contributed by atoms with Crippen LogP contribution in [-0.2, 0) is 4.79 Å². The molecule has 1 fully saturated rings. The minimum Gasteiger partial charge on any atom is -0.495 e. The lowest BCUT2D eigenvalue weighted by molar-refractivity contribution is -0.113. The first-order chi connectivity index (χ1) is 11.1. The van der Waals surface area contributed by atoms with E-state index in [0.29, 0.717) is 20.7 Å². The van der Waals surface area contributed by atoms with Crippen LogP contribution in [0, 0.1) is 0 Å². The van der Waals surface area contributed by atoms with E-state index in [1.54, 1.807) is 7.11 Å². The van der Waals surface area contributed by atoms with Gasteiger partial charge in [-0.3, -0.25) is 9.69 Å². The Hall–Kier alpha value is -1.63. The van der Waals surface area contributed by atoms with E-state index in [1.165, 1.54) is 16.7 Å². The van der Waals surface area contributed by atoms with Gasteiger partial charge in [-0.25, -0.2) is 0 Å². The third kappa shape index (κ3) is 3.34. The SMILES string of the molecule is COc1ccccc1N1C(=O)C(=Cc2ccc(Br)cc2)SC1=S. The van der Waals surface area contributed by atoms with Gasteiger partial charge in [0.2, 0.25) is 0 Å². The zero-order valence-corrected chi connectivity index (χ0v) is 15.4. The zero-order chi connectivity index (χ0) is 16.4. The normalized spacial score (nSPS) is 16.3. The highest BCUT2D eigenvalue weighted by Gasteiger charge is 2.34. The fraction of sp³-hybridized carbons (Fsp3) is 0.0588. The maximum absolute atomic E-state index is 12.7. The van der Waals surface area contributed by atoms with Crippen molar-refractivity contribution in [3.05, 3.63) is 63.5 Å². The number of amides is 1. The highest BCUT2D eigenvalue weighted by atomic mass is 79.9. The number of anilines is 1. The second-order valence-electron chi connectivity index (χ2n) is 4.74. The summed E-state index contributed by atoms with van der Waals surface area (Å²) in [5, 5.41) is 0. The lowest BCUT2D eigenvalue weighted by Gasteiger charge is -2.17. The molecule has 1 aliphatic rings. The summed E-state index contributed by atoms with van der Waals surface area (Å²) in [6.07, 6.45) is 1.85. The summed E-state index contributed by atoms with van der Waals surface area (Å²) in [5.41, 5.74) is 1.62. The summed E-state index contributed by atoms with van der Waals surface area (Å²) in [6, 6.07) is 15.1. The van der Waals surface area contributed by atoms with Crippen LogP contribution in [0.4, 0.5) is 5.69 Å². The van der Waals surface area contributed by atoms with Crippen LogP contribution in [0.25, 0.3) is 6.08 Å². The monoisotopic (exact) mass is 405 g/mol. The molecule has 0 spiro atoms. The standard InChI is InChI=1S/C17H12BrNO2S2/c1-21-14-5-3-2-4-13(14)19-16(20)15(23-17(19)22)10-11-6-8-12(18)9-7-11/h2-10H,1H3. The van der Waals surface area contributed by atoms with Crippen LogP contribution >= 0.6 is 39.9 Å². The molecular formula is C17H12BrNO2S2. The number of thioether (sulfide) groups is 1. The van der Waals surface area contributed by atoms with Gasteiger partial charge in [-0.15, -0.1) is 0 Å². The maximum Gasteiger partial charge on any atom is 0.270 e. The molecule has 1 amide bonds. The minimum absolute atomic E-state index is 0.132. The summed E-state index contributed by atoms with van der Waals surface area (Å²) in [6.45, 7) is 0. The van der Waals surface area contributed by atoms with E-state index in [9.17, 15) is 4.79 Å². The van der Waals surface area contributed by atoms with Crippen LogP contribution in [0.2, 0.25) is 0 Å². The number of para-hydroxylation sites is 2. The van der Waals surface area contributed by atoms with Gasteiger partial charge in [-0.2, -0.15) is 0 Å². The van der Waals surface area contributed by atoms with E-state index in [4.69, 9.17) is 17.0 Å². The molecule has 116 valence electrons. The molecule has 1 saturated heterocycles. The number of carbonyl (C=O) groups excluding carboxylic acids is 1. The van der Waals surface area contributed by atoms with Crippen molar-refractivity contribution in [3.8, 4) is 5.75 Å². The molecule has 3 nitrogen and oxygen atoms in total. The first-order valence-electron chi connectivity index (χ1n) is 6.76. The van der Waals surface area contributed by atoms with Crippen LogP contribution in [-0.4, -0.2) is 17.3 Å². The molecule has 0 aliphatic carbocycles. The molecule has 23 heavy (non-hydrogen) atoms. The van der Waals surface area contributed by atoms with E-state index in [1.807, 2.05) is 54.6 Å². The quantitative estimate of drug-likeness (QED) is 0.538. The van der Waals surface area contributed by atoms with E-state index >= 15 is 0 Å². The summed E-state index contributed by atoms with van der Waals surface area (Å²) in [5.74, 6) is 0.487. The van der Waals surface area contributed by atoms with E-state index in [0.717, 1.165) is 10.0 Å². The second-order valence-corrected chi connectivity index (χ2v) is 7.33. The molecule has 0 unspecified atom stereocenters. The first kappa shape index (κ1) is 16.2.